The Kier molecular flexibility index (Phi) is 6.81. The largest absolute Gasteiger partial charge is 0.364 e. The Balaban J connectivity index is 1.43. The summed E-state index contributed by atoms with van der Waals surface area (Å²) in [6.45, 7) is 7.75. The number of ether oxygens (including phenoxy) is 1. The Morgan fingerprint density at radius 1 is 0.737 bits per heavy atom. The molecule has 4 aromatic rings. The number of fused-ring (bicyclic) bond motifs is 2. The number of rotatable bonds is 7. The van der Waals surface area contributed by atoms with Crippen LogP contribution in [0, 0.1) is 17.3 Å². The SMILES string of the molecule is CC1(C)[C@H]2CC(=Nc3ccccc3P(c3ccccc3)c3ccccc3)[C@](C)(OCc3ccccc3)[C@@H]1C2. The zero-order chi connectivity index (χ0) is 26.2. The highest BCUT2D eigenvalue weighted by atomic mass is 31.1. The van der Waals surface area contributed by atoms with Gasteiger partial charge in [-0.3, -0.25) is 4.99 Å². The molecule has 3 aliphatic rings. The molecule has 0 unspecified atom stereocenters. The van der Waals surface area contributed by atoms with Crippen LogP contribution in [-0.2, 0) is 11.3 Å². The number of benzene rings is 4. The first-order valence-electron chi connectivity index (χ1n) is 13.7. The number of para-hydroxylation sites is 1. The predicted molar refractivity (Wildman–Crippen MR) is 162 cm³/mol. The zero-order valence-corrected chi connectivity index (χ0v) is 23.4. The summed E-state index contributed by atoms with van der Waals surface area (Å²) in [5, 5.41) is 3.99. The summed E-state index contributed by atoms with van der Waals surface area (Å²) >= 11 is 0. The van der Waals surface area contributed by atoms with Crippen LogP contribution in [0.25, 0.3) is 0 Å². The van der Waals surface area contributed by atoms with Gasteiger partial charge in [-0.2, -0.15) is 0 Å². The van der Waals surface area contributed by atoms with E-state index in [2.05, 4.69) is 136 Å². The molecule has 0 aromatic heterocycles. The van der Waals surface area contributed by atoms with Gasteiger partial charge in [0.15, 0.2) is 0 Å². The first-order chi connectivity index (χ1) is 18.5. The standard InChI is InChI=1S/C35H36NOP/c1-34(2)27-23-32(34)35(3,37-25-26-15-7-4-8-16-26)33(24-27)36-30-21-13-14-22-31(30)38(28-17-9-5-10-18-28)29-19-11-6-12-20-29/h4-22,27,32H,23-25H2,1-3H3/t27-,32-,35-/m1/s1. The van der Waals surface area contributed by atoms with Crippen molar-refractivity contribution in [1.29, 1.82) is 0 Å². The minimum absolute atomic E-state index is 0.269. The van der Waals surface area contributed by atoms with Gasteiger partial charge in [0, 0.05) is 5.30 Å². The lowest BCUT2D eigenvalue weighted by atomic mass is 9.44. The fraction of sp³-hybridized carbons (Fsp3) is 0.286. The van der Waals surface area contributed by atoms with Crippen molar-refractivity contribution in [2.45, 2.75) is 45.8 Å². The Labute approximate surface area is 228 Å². The summed E-state index contributed by atoms with van der Waals surface area (Å²) in [4.78, 5) is 5.51. The fourth-order valence-corrected chi connectivity index (χ4v) is 8.94. The van der Waals surface area contributed by atoms with Gasteiger partial charge in [-0.15, -0.1) is 0 Å². The summed E-state index contributed by atoms with van der Waals surface area (Å²) in [6, 6.07) is 41.1. The van der Waals surface area contributed by atoms with Gasteiger partial charge in [-0.1, -0.05) is 123 Å². The van der Waals surface area contributed by atoms with Crippen molar-refractivity contribution >= 4 is 35.2 Å². The molecule has 0 radical (unpaired) electrons. The Bertz CT molecular complexity index is 1380. The normalized spacial score (nSPS) is 24.8. The lowest BCUT2D eigenvalue weighted by Crippen LogP contribution is -2.65. The molecule has 2 bridgehead atoms. The number of nitrogens with zero attached hydrogens (tertiary/aromatic N) is 1. The monoisotopic (exact) mass is 517 g/mol. The van der Waals surface area contributed by atoms with E-state index < -0.39 is 7.92 Å². The second kappa shape index (κ2) is 10.3. The van der Waals surface area contributed by atoms with Crippen molar-refractivity contribution in [2.75, 3.05) is 0 Å². The molecule has 192 valence electrons. The molecule has 7 rings (SSSR count). The van der Waals surface area contributed by atoms with Gasteiger partial charge in [0.2, 0.25) is 0 Å². The molecule has 3 fully saturated rings. The van der Waals surface area contributed by atoms with Crippen molar-refractivity contribution < 1.29 is 4.74 Å². The van der Waals surface area contributed by atoms with E-state index in [0.717, 1.165) is 12.1 Å². The van der Waals surface area contributed by atoms with Crippen LogP contribution < -0.4 is 15.9 Å². The average molecular weight is 518 g/mol. The van der Waals surface area contributed by atoms with Crippen molar-refractivity contribution in [2.24, 2.45) is 22.2 Å². The quantitative estimate of drug-likeness (QED) is 0.232. The summed E-state index contributed by atoms with van der Waals surface area (Å²) in [5.41, 5.74) is 3.38. The van der Waals surface area contributed by atoms with Gasteiger partial charge < -0.3 is 4.74 Å². The van der Waals surface area contributed by atoms with Crippen LogP contribution in [-0.4, -0.2) is 11.3 Å². The van der Waals surface area contributed by atoms with Crippen LogP contribution in [0.2, 0.25) is 0 Å². The van der Waals surface area contributed by atoms with E-state index in [1.807, 2.05) is 0 Å². The maximum atomic E-state index is 6.87. The molecule has 0 amide bonds. The Morgan fingerprint density at radius 3 is 1.89 bits per heavy atom. The highest BCUT2D eigenvalue weighted by Gasteiger charge is 2.63. The minimum atomic E-state index is -0.735. The van der Waals surface area contributed by atoms with Gasteiger partial charge >= 0.3 is 0 Å². The maximum Gasteiger partial charge on any atom is 0.107 e. The fourth-order valence-electron chi connectivity index (χ4n) is 6.56. The second-order valence-corrected chi connectivity index (χ2v) is 13.6. The molecule has 0 N–H and O–H groups in total. The van der Waals surface area contributed by atoms with E-state index in [9.17, 15) is 0 Å². The molecular formula is C35H36NOP. The predicted octanol–water partition coefficient (Wildman–Crippen LogP) is 7.56. The molecule has 0 spiro atoms. The molecule has 3 atom stereocenters. The molecule has 4 aromatic carbocycles. The van der Waals surface area contributed by atoms with Crippen molar-refractivity contribution in [3.63, 3.8) is 0 Å². The van der Waals surface area contributed by atoms with Crippen LogP contribution in [0.4, 0.5) is 5.69 Å². The van der Waals surface area contributed by atoms with E-state index in [1.165, 1.54) is 33.6 Å². The summed E-state index contributed by atoms with van der Waals surface area (Å²) in [5.74, 6) is 1.13. The molecule has 3 saturated carbocycles. The third-order valence-electron chi connectivity index (χ3n) is 8.94. The summed E-state index contributed by atoms with van der Waals surface area (Å²) in [6.07, 6.45) is 2.22. The van der Waals surface area contributed by atoms with Crippen molar-refractivity contribution in [3.05, 3.63) is 121 Å². The lowest BCUT2D eigenvalue weighted by molar-refractivity contribution is -0.165. The first kappa shape index (κ1) is 25.2. The zero-order valence-electron chi connectivity index (χ0n) is 22.5. The van der Waals surface area contributed by atoms with Gasteiger partial charge in [-0.05, 0) is 67.2 Å². The molecule has 0 saturated heterocycles. The van der Waals surface area contributed by atoms with E-state index in [4.69, 9.17) is 9.73 Å². The lowest BCUT2D eigenvalue weighted by Gasteiger charge is -2.64. The highest BCUT2D eigenvalue weighted by molar-refractivity contribution is 7.80. The molecule has 0 heterocycles. The van der Waals surface area contributed by atoms with Crippen LogP contribution in [0.15, 0.2) is 120 Å². The molecule has 2 nitrogen and oxygen atoms in total. The molecule has 38 heavy (non-hydrogen) atoms. The third kappa shape index (κ3) is 4.55. The smallest absolute Gasteiger partial charge is 0.107 e. The van der Waals surface area contributed by atoms with Crippen molar-refractivity contribution in [1.82, 2.24) is 0 Å². The Morgan fingerprint density at radius 2 is 1.29 bits per heavy atom. The number of hydrogen-bond donors (Lipinski definition) is 0. The van der Waals surface area contributed by atoms with E-state index in [-0.39, 0.29) is 11.0 Å². The van der Waals surface area contributed by atoms with Gasteiger partial charge in [-0.25, -0.2) is 0 Å². The summed E-state index contributed by atoms with van der Waals surface area (Å²) < 4.78 is 6.87. The van der Waals surface area contributed by atoms with Gasteiger partial charge in [0.25, 0.3) is 0 Å². The Hall–Kier alpha value is -3.06. The van der Waals surface area contributed by atoms with Crippen LogP contribution in [0.1, 0.15) is 39.2 Å². The highest BCUT2D eigenvalue weighted by Crippen LogP contribution is 2.63. The maximum absolute atomic E-state index is 6.87. The summed E-state index contributed by atoms with van der Waals surface area (Å²) in [7, 11) is -0.735. The average Bonchev–Trinajstić information content (AvgIpc) is 2.95. The second-order valence-electron chi connectivity index (χ2n) is 11.4. The topological polar surface area (TPSA) is 21.6 Å². The van der Waals surface area contributed by atoms with E-state index >= 15 is 0 Å². The van der Waals surface area contributed by atoms with Crippen LogP contribution in [0.5, 0.6) is 0 Å². The molecule has 3 heteroatoms. The van der Waals surface area contributed by atoms with E-state index in [0.29, 0.717) is 18.4 Å². The van der Waals surface area contributed by atoms with Crippen LogP contribution in [0.3, 0.4) is 0 Å². The molecular weight excluding hydrogens is 481 g/mol. The molecule has 3 aliphatic carbocycles. The van der Waals surface area contributed by atoms with E-state index in [1.54, 1.807) is 0 Å². The minimum Gasteiger partial charge on any atom is -0.364 e. The number of hydrogen-bond acceptors (Lipinski definition) is 2. The molecule has 0 aliphatic heterocycles. The van der Waals surface area contributed by atoms with Gasteiger partial charge in [0.1, 0.15) is 5.60 Å². The third-order valence-corrected chi connectivity index (χ3v) is 11.4. The van der Waals surface area contributed by atoms with Crippen molar-refractivity contribution in [3.8, 4) is 0 Å². The van der Waals surface area contributed by atoms with Crippen LogP contribution >= 0.6 is 7.92 Å². The first-order valence-corrected chi connectivity index (χ1v) is 15.1. The van der Waals surface area contributed by atoms with Gasteiger partial charge in [0.05, 0.1) is 18.0 Å². The number of aliphatic imine (C=N–C) groups is 1.